The Kier molecular flexibility index (Phi) is 3.91. The SMILES string of the molecule is CN1C(=O)NC(c2cccc(F)c2)C2=C1CN(Cc1ccccn1)C2=O. The smallest absolute Gasteiger partial charge is 0.322 e. The third kappa shape index (κ3) is 2.71. The number of nitrogens with zero attached hydrogens (tertiary/aromatic N) is 3. The zero-order valence-corrected chi connectivity index (χ0v) is 14.1. The Labute approximate surface area is 149 Å². The summed E-state index contributed by atoms with van der Waals surface area (Å²) < 4.78 is 13.7. The van der Waals surface area contributed by atoms with Crippen LogP contribution < -0.4 is 5.32 Å². The Morgan fingerprint density at radius 3 is 2.81 bits per heavy atom. The van der Waals surface area contributed by atoms with Crippen molar-refractivity contribution in [1.29, 1.82) is 0 Å². The summed E-state index contributed by atoms with van der Waals surface area (Å²) in [5.74, 6) is -0.583. The molecule has 2 aliphatic rings. The van der Waals surface area contributed by atoms with E-state index in [4.69, 9.17) is 0 Å². The molecule has 0 spiro atoms. The van der Waals surface area contributed by atoms with Crippen molar-refractivity contribution in [2.75, 3.05) is 13.6 Å². The minimum Gasteiger partial charge on any atom is -0.327 e. The predicted molar refractivity (Wildman–Crippen MR) is 92.1 cm³/mol. The summed E-state index contributed by atoms with van der Waals surface area (Å²) in [4.78, 5) is 32.7. The third-order valence-electron chi connectivity index (χ3n) is 4.70. The largest absolute Gasteiger partial charge is 0.327 e. The lowest BCUT2D eigenvalue weighted by Gasteiger charge is -2.31. The number of amides is 3. The molecule has 0 bridgehead atoms. The fraction of sp³-hybridized carbons (Fsp3) is 0.211. The second kappa shape index (κ2) is 6.25. The maximum absolute atomic E-state index is 13.7. The van der Waals surface area contributed by atoms with Gasteiger partial charge < -0.3 is 10.2 Å². The summed E-state index contributed by atoms with van der Waals surface area (Å²) in [5, 5.41) is 2.80. The number of urea groups is 1. The molecule has 1 aromatic carbocycles. The van der Waals surface area contributed by atoms with Crippen molar-refractivity contribution in [3.63, 3.8) is 0 Å². The van der Waals surface area contributed by atoms with E-state index in [-0.39, 0.29) is 11.9 Å². The van der Waals surface area contributed by atoms with Crippen molar-refractivity contribution in [3.8, 4) is 0 Å². The normalized spacial score (nSPS) is 19.7. The van der Waals surface area contributed by atoms with Crippen molar-refractivity contribution in [2.24, 2.45) is 0 Å². The molecule has 2 aliphatic heterocycles. The molecule has 1 aromatic heterocycles. The Balaban J connectivity index is 1.69. The van der Waals surface area contributed by atoms with Gasteiger partial charge in [0.1, 0.15) is 5.82 Å². The lowest BCUT2D eigenvalue weighted by Crippen LogP contribution is -2.45. The molecule has 2 aromatic rings. The highest BCUT2D eigenvalue weighted by Crippen LogP contribution is 2.36. The molecular weight excluding hydrogens is 335 g/mol. The Morgan fingerprint density at radius 1 is 1.23 bits per heavy atom. The Bertz CT molecular complexity index is 913. The van der Waals surface area contributed by atoms with Crippen LogP contribution in [0.1, 0.15) is 17.3 Å². The van der Waals surface area contributed by atoms with Crippen LogP contribution in [0.4, 0.5) is 9.18 Å². The lowest BCUT2D eigenvalue weighted by molar-refractivity contribution is -0.126. The van der Waals surface area contributed by atoms with E-state index < -0.39 is 11.9 Å². The first-order chi connectivity index (χ1) is 12.5. The van der Waals surface area contributed by atoms with Crippen molar-refractivity contribution >= 4 is 11.9 Å². The summed E-state index contributed by atoms with van der Waals surface area (Å²) in [6.45, 7) is 0.672. The molecule has 0 aliphatic carbocycles. The highest BCUT2D eigenvalue weighted by Gasteiger charge is 2.42. The second-order valence-electron chi connectivity index (χ2n) is 6.34. The van der Waals surface area contributed by atoms with E-state index in [1.54, 1.807) is 30.3 Å². The number of carbonyl (C=O) groups is 2. The third-order valence-corrected chi connectivity index (χ3v) is 4.70. The molecule has 4 rings (SSSR count). The number of hydrogen-bond acceptors (Lipinski definition) is 3. The summed E-state index contributed by atoms with van der Waals surface area (Å²) in [7, 11) is 1.63. The highest BCUT2D eigenvalue weighted by molar-refractivity contribution is 6.01. The average Bonchev–Trinajstić information content (AvgIpc) is 2.96. The molecule has 26 heavy (non-hydrogen) atoms. The van der Waals surface area contributed by atoms with E-state index >= 15 is 0 Å². The van der Waals surface area contributed by atoms with Gasteiger partial charge in [0.15, 0.2) is 0 Å². The molecule has 132 valence electrons. The van der Waals surface area contributed by atoms with Gasteiger partial charge in [-0.1, -0.05) is 18.2 Å². The molecule has 3 heterocycles. The van der Waals surface area contributed by atoms with E-state index in [0.717, 1.165) is 5.69 Å². The summed E-state index contributed by atoms with van der Waals surface area (Å²) in [5.41, 5.74) is 2.44. The van der Waals surface area contributed by atoms with Gasteiger partial charge in [-0.2, -0.15) is 0 Å². The second-order valence-corrected chi connectivity index (χ2v) is 6.34. The average molecular weight is 352 g/mol. The molecule has 1 unspecified atom stereocenters. The Hall–Kier alpha value is -3.22. The van der Waals surface area contributed by atoms with Crippen LogP contribution in [0.15, 0.2) is 59.9 Å². The van der Waals surface area contributed by atoms with Gasteiger partial charge in [-0.05, 0) is 29.8 Å². The molecule has 0 fully saturated rings. The first-order valence-electron chi connectivity index (χ1n) is 8.26. The number of rotatable bonds is 3. The van der Waals surface area contributed by atoms with Crippen molar-refractivity contribution in [3.05, 3.63) is 77.0 Å². The molecular formula is C19H17FN4O2. The van der Waals surface area contributed by atoms with Crippen molar-refractivity contribution in [1.82, 2.24) is 20.1 Å². The van der Waals surface area contributed by atoms with E-state index in [1.165, 1.54) is 17.0 Å². The minimum atomic E-state index is -0.661. The molecule has 1 atom stereocenters. The van der Waals surface area contributed by atoms with Crippen LogP contribution in [0.2, 0.25) is 0 Å². The van der Waals surface area contributed by atoms with E-state index in [9.17, 15) is 14.0 Å². The predicted octanol–water partition coefficient (Wildman–Crippen LogP) is 2.21. The van der Waals surface area contributed by atoms with Gasteiger partial charge in [0.05, 0.1) is 36.1 Å². The number of aromatic nitrogens is 1. The monoisotopic (exact) mass is 352 g/mol. The van der Waals surface area contributed by atoms with Gasteiger partial charge in [-0.3, -0.25) is 14.7 Å². The van der Waals surface area contributed by atoms with Gasteiger partial charge in [0.25, 0.3) is 5.91 Å². The molecule has 0 saturated carbocycles. The lowest BCUT2D eigenvalue weighted by atomic mass is 9.95. The van der Waals surface area contributed by atoms with Gasteiger partial charge in [0, 0.05) is 13.2 Å². The molecule has 3 amide bonds. The number of carbonyl (C=O) groups excluding carboxylic acids is 2. The van der Waals surface area contributed by atoms with E-state index in [1.807, 2.05) is 18.2 Å². The number of nitrogens with one attached hydrogen (secondary N) is 1. The Morgan fingerprint density at radius 2 is 2.08 bits per heavy atom. The summed E-state index contributed by atoms with van der Waals surface area (Å²) in [6.07, 6.45) is 1.68. The van der Waals surface area contributed by atoms with Crippen LogP contribution in [0.5, 0.6) is 0 Å². The van der Waals surface area contributed by atoms with Crippen LogP contribution in [0.25, 0.3) is 0 Å². The molecule has 0 radical (unpaired) electrons. The van der Waals surface area contributed by atoms with E-state index in [2.05, 4.69) is 10.3 Å². The molecule has 7 heteroatoms. The number of likely N-dealkylation sites (N-methyl/N-ethyl adjacent to an activating group) is 1. The zero-order valence-electron chi connectivity index (χ0n) is 14.1. The maximum Gasteiger partial charge on any atom is 0.322 e. The minimum absolute atomic E-state index is 0.174. The maximum atomic E-state index is 13.7. The molecule has 0 saturated heterocycles. The van der Waals surface area contributed by atoms with Crippen LogP contribution in [0, 0.1) is 5.82 Å². The fourth-order valence-electron chi connectivity index (χ4n) is 3.37. The summed E-state index contributed by atoms with van der Waals surface area (Å²) >= 11 is 0. The first kappa shape index (κ1) is 16.3. The summed E-state index contributed by atoms with van der Waals surface area (Å²) in [6, 6.07) is 10.5. The van der Waals surface area contributed by atoms with Gasteiger partial charge >= 0.3 is 6.03 Å². The van der Waals surface area contributed by atoms with Crippen LogP contribution in [-0.2, 0) is 11.3 Å². The van der Waals surface area contributed by atoms with E-state index in [0.29, 0.717) is 29.9 Å². The van der Waals surface area contributed by atoms with Crippen molar-refractivity contribution < 1.29 is 14.0 Å². The quantitative estimate of drug-likeness (QED) is 0.921. The highest BCUT2D eigenvalue weighted by atomic mass is 19.1. The first-order valence-corrected chi connectivity index (χ1v) is 8.26. The standard InChI is InChI=1S/C19H17FN4O2/c1-23-15-11-24(10-14-7-2-3-8-21-14)18(25)16(15)17(22-19(23)26)12-5-4-6-13(20)9-12/h2-9,17H,10-11H2,1H3,(H,22,26). The van der Waals surface area contributed by atoms with Gasteiger partial charge in [0.2, 0.25) is 0 Å². The number of pyridine rings is 1. The van der Waals surface area contributed by atoms with Crippen LogP contribution in [0.3, 0.4) is 0 Å². The van der Waals surface area contributed by atoms with Crippen LogP contribution in [-0.4, -0.2) is 40.3 Å². The topological polar surface area (TPSA) is 65.5 Å². The fourth-order valence-corrected chi connectivity index (χ4v) is 3.37. The molecule has 6 nitrogen and oxygen atoms in total. The molecule has 1 N–H and O–H groups in total. The zero-order chi connectivity index (χ0) is 18.3. The van der Waals surface area contributed by atoms with Crippen molar-refractivity contribution in [2.45, 2.75) is 12.6 Å². The number of halogens is 1. The van der Waals surface area contributed by atoms with Gasteiger partial charge in [-0.25, -0.2) is 9.18 Å². The van der Waals surface area contributed by atoms with Crippen LogP contribution >= 0.6 is 0 Å². The number of hydrogen-bond donors (Lipinski definition) is 1. The van der Waals surface area contributed by atoms with Gasteiger partial charge in [-0.15, -0.1) is 0 Å². The number of benzene rings is 1.